The van der Waals surface area contributed by atoms with E-state index in [1.54, 1.807) is 11.8 Å². The van der Waals surface area contributed by atoms with E-state index in [0.717, 1.165) is 44.1 Å². The molecule has 0 aromatic heterocycles. The molecule has 1 N–H and O–H groups in total. The zero-order valence-corrected chi connectivity index (χ0v) is 15.4. The molecule has 3 nitrogen and oxygen atoms in total. The Morgan fingerprint density at radius 2 is 1.91 bits per heavy atom. The maximum Gasteiger partial charge on any atom is 0.235 e. The van der Waals surface area contributed by atoms with Gasteiger partial charge in [0.05, 0.1) is 5.25 Å². The fourth-order valence-electron chi connectivity index (χ4n) is 3.14. The van der Waals surface area contributed by atoms with Crippen LogP contribution in [0.1, 0.15) is 32.3 Å². The highest BCUT2D eigenvalue weighted by Crippen LogP contribution is 2.27. The molecule has 1 heterocycles. The molecule has 1 aromatic rings. The average Bonchev–Trinajstić information content (AvgIpc) is 2.56. The fourth-order valence-corrected chi connectivity index (χ4v) is 4.38. The van der Waals surface area contributed by atoms with Crippen LogP contribution in [0.5, 0.6) is 0 Å². The van der Waals surface area contributed by atoms with Gasteiger partial charge in [0.25, 0.3) is 0 Å². The third-order valence-electron chi connectivity index (χ3n) is 4.54. The molecule has 1 aliphatic rings. The van der Waals surface area contributed by atoms with E-state index >= 15 is 0 Å². The quantitative estimate of drug-likeness (QED) is 0.829. The van der Waals surface area contributed by atoms with Gasteiger partial charge in [-0.1, -0.05) is 44.2 Å². The van der Waals surface area contributed by atoms with E-state index in [-0.39, 0.29) is 5.25 Å². The van der Waals surface area contributed by atoms with Crippen LogP contribution < -0.4 is 5.32 Å². The highest BCUT2D eigenvalue weighted by atomic mass is 32.2. The zero-order chi connectivity index (χ0) is 16.7. The number of nitrogens with one attached hydrogen (secondary N) is 1. The van der Waals surface area contributed by atoms with Crippen LogP contribution in [0.15, 0.2) is 30.3 Å². The van der Waals surface area contributed by atoms with Crippen molar-refractivity contribution < 1.29 is 4.79 Å². The van der Waals surface area contributed by atoms with E-state index in [0.29, 0.717) is 11.8 Å². The summed E-state index contributed by atoms with van der Waals surface area (Å²) >= 11 is 1.79. The number of likely N-dealkylation sites (tertiary alicyclic amines) is 1. The van der Waals surface area contributed by atoms with Crippen LogP contribution in [0.2, 0.25) is 0 Å². The Morgan fingerprint density at radius 3 is 2.48 bits per heavy atom. The second-order valence-electron chi connectivity index (χ2n) is 6.79. The van der Waals surface area contributed by atoms with Crippen LogP contribution in [0.4, 0.5) is 0 Å². The summed E-state index contributed by atoms with van der Waals surface area (Å²) in [5.41, 5.74) is 1.30. The molecular weight excluding hydrogens is 304 g/mol. The molecule has 1 unspecified atom stereocenters. The number of amides is 1. The predicted molar refractivity (Wildman–Crippen MR) is 99.6 cm³/mol. The lowest BCUT2D eigenvalue weighted by atomic mass is 9.96. The summed E-state index contributed by atoms with van der Waals surface area (Å²) in [5, 5.41) is 3.32. The van der Waals surface area contributed by atoms with Gasteiger partial charge in [-0.05, 0) is 43.8 Å². The summed E-state index contributed by atoms with van der Waals surface area (Å²) in [6.45, 7) is 7.22. The topological polar surface area (TPSA) is 32.3 Å². The number of carbonyl (C=O) groups excluding carboxylic acids is 1. The van der Waals surface area contributed by atoms with E-state index in [1.807, 2.05) is 13.1 Å². The molecule has 23 heavy (non-hydrogen) atoms. The van der Waals surface area contributed by atoms with E-state index in [1.165, 1.54) is 5.56 Å². The van der Waals surface area contributed by atoms with Crippen molar-refractivity contribution in [3.05, 3.63) is 35.9 Å². The fraction of sp³-hybridized carbons (Fsp3) is 0.632. The lowest BCUT2D eigenvalue weighted by Crippen LogP contribution is -2.45. The summed E-state index contributed by atoms with van der Waals surface area (Å²) < 4.78 is 0. The van der Waals surface area contributed by atoms with Gasteiger partial charge in [-0.2, -0.15) is 0 Å². The van der Waals surface area contributed by atoms with Crippen molar-refractivity contribution in [2.75, 3.05) is 26.7 Å². The molecule has 0 aliphatic carbocycles. The first kappa shape index (κ1) is 18.3. The smallest absolute Gasteiger partial charge is 0.235 e. The number of rotatable bonds is 7. The summed E-state index contributed by atoms with van der Waals surface area (Å²) in [7, 11) is 2.01. The van der Waals surface area contributed by atoms with Crippen molar-refractivity contribution in [2.45, 2.75) is 37.7 Å². The number of thioether (sulfide) groups is 1. The molecule has 1 amide bonds. The van der Waals surface area contributed by atoms with Crippen LogP contribution in [0.3, 0.4) is 0 Å². The van der Waals surface area contributed by atoms with Gasteiger partial charge in [0.15, 0.2) is 0 Å². The highest BCUT2D eigenvalue weighted by Gasteiger charge is 2.30. The molecule has 2 rings (SSSR count). The minimum absolute atomic E-state index is 0.0658. The largest absolute Gasteiger partial charge is 0.342 e. The Balaban J connectivity index is 1.88. The molecule has 1 saturated heterocycles. The van der Waals surface area contributed by atoms with Gasteiger partial charge in [0, 0.05) is 18.8 Å². The van der Waals surface area contributed by atoms with E-state index in [9.17, 15) is 4.79 Å². The lowest BCUT2D eigenvalue weighted by molar-refractivity contribution is -0.132. The SMILES string of the molecule is CNCC1CCN(C(=O)C(SCc2ccccc2)C(C)C)CC1. The van der Waals surface area contributed by atoms with E-state index < -0.39 is 0 Å². The molecule has 0 spiro atoms. The molecule has 4 heteroatoms. The maximum atomic E-state index is 12.9. The second-order valence-corrected chi connectivity index (χ2v) is 7.92. The van der Waals surface area contributed by atoms with Gasteiger partial charge in [0.1, 0.15) is 0 Å². The number of hydrogen-bond acceptors (Lipinski definition) is 3. The minimum Gasteiger partial charge on any atom is -0.342 e. The first-order valence-corrected chi connectivity index (χ1v) is 9.75. The van der Waals surface area contributed by atoms with Crippen LogP contribution in [-0.2, 0) is 10.5 Å². The van der Waals surface area contributed by atoms with Gasteiger partial charge in [-0.15, -0.1) is 11.8 Å². The molecule has 0 saturated carbocycles. The van der Waals surface area contributed by atoms with Crippen molar-refractivity contribution in [3.8, 4) is 0 Å². The molecule has 1 fully saturated rings. The zero-order valence-electron chi connectivity index (χ0n) is 14.6. The van der Waals surface area contributed by atoms with Gasteiger partial charge in [0.2, 0.25) is 5.91 Å². The Labute approximate surface area is 145 Å². The first-order valence-electron chi connectivity index (χ1n) is 8.70. The third kappa shape index (κ3) is 5.54. The molecule has 1 atom stereocenters. The van der Waals surface area contributed by atoms with Crippen molar-refractivity contribution in [3.63, 3.8) is 0 Å². The minimum atomic E-state index is 0.0658. The second kappa shape index (κ2) is 9.33. The Morgan fingerprint density at radius 1 is 1.26 bits per heavy atom. The van der Waals surface area contributed by atoms with Crippen molar-refractivity contribution in [2.24, 2.45) is 11.8 Å². The van der Waals surface area contributed by atoms with E-state index in [4.69, 9.17) is 0 Å². The predicted octanol–water partition coefficient (Wildman–Crippen LogP) is 3.40. The Bertz CT molecular complexity index is 470. The van der Waals surface area contributed by atoms with Crippen molar-refractivity contribution >= 4 is 17.7 Å². The van der Waals surface area contributed by atoms with Crippen molar-refractivity contribution in [1.82, 2.24) is 10.2 Å². The van der Waals surface area contributed by atoms with Crippen molar-refractivity contribution in [1.29, 1.82) is 0 Å². The summed E-state index contributed by atoms with van der Waals surface area (Å²) in [4.78, 5) is 15.0. The highest BCUT2D eigenvalue weighted by molar-refractivity contribution is 7.99. The average molecular weight is 335 g/mol. The van der Waals surface area contributed by atoms with Gasteiger partial charge in [-0.25, -0.2) is 0 Å². The third-order valence-corrected chi connectivity index (χ3v) is 6.15. The molecule has 1 aliphatic heterocycles. The van der Waals surface area contributed by atoms with E-state index in [2.05, 4.69) is 48.3 Å². The number of nitrogens with zero attached hydrogens (tertiary/aromatic N) is 1. The lowest BCUT2D eigenvalue weighted by Gasteiger charge is -2.35. The van der Waals surface area contributed by atoms with Crippen LogP contribution in [0.25, 0.3) is 0 Å². The maximum absolute atomic E-state index is 12.9. The summed E-state index contributed by atoms with van der Waals surface area (Å²) in [6.07, 6.45) is 2.25. The number of benzene rings is 1. The molecular formula is C19H30N2OS. The van der Waals surface area contributed by atoms with Gasteiger partial charge < -0.3 is 10.2 Å². The molecule has 1 aromatic carbocycles. The number of piperidine rings is 1. The molecule has 0 radical (unpaired) electrons. The molecule has 0 bridgehead atoms. The number of carbonyl (C=O) groups is 1. The molecule has 128 valence electrons. The number of hydrogen-bond donors (Lipinski definition) is 1. The standard InChI is InChI=1S/C19H30N2OS/c1-15(2)18(23-14-17-7-5-4-6-8-17)19(22)21-11-9-16(10-12-21)13-20-3/h4-8,15-16,18,20H,9-14H2,1-3H3. The van der Waals surface area contributed by atoms with Gasteiger partial charge in [-0.3, -0.25) is 4.79 Å². The van der Waals surface area contributed by atoms with Crippen LogP contribution in [-0.4, -0.2) is 42.7 Å². The summed E-state index contributed by atoms with van der Waals surface area (Å²) in [6, 6.07) is 10.4. The van der Waals surface area contributed by atoms with Crippen LogP contribution in [0, 0.1) is 11.8 Å². The monoisotopic (exact) mass is 334 g/mol. The Kier molecular flexibility index (Phi) is 7.44. The first-order chi connectivity index (χ1) is 11.1. The van der Waals surface area contributed by atoms with Gasteiger partial charge >= 0.3 is 0 Å². The normalized spacial score (nSPS) is 17.5. The van der Waals surface area contributed by atoms with Crippen LogP contribution >= 0.6 is 11.8 Å². The summed E-state index contributed by atoms with van der Waals surface area (Å²) in [5.74, 6) is 2.33. The Hall–Kier alpha value is -1.00.